The Bertz CT molecular complexity index is 1420. The number of hydrogen-bond acceptors (Lipinski definition) is 7. The summed E-state index contributed by atoms with van der Waals surface area (Å²) in [6.45, 7) is 1.94. The molecule has 10 heteroatoms. The van der Waals surface area contributed by atoms with Gasteiger partial charge in [-0.1, -0.05) is 18.2 Å². The van der Waals surface area contributed by atoms with Crippen molar-refractivity contribution in [3.05, 3.63) is 61.4 Å². The fraction of sp³-hybridized carbons (Fsp3) is 0.333. The van der Waals surface area contributed by atoms with Crippen LogP contribution in [0, 0.1) is 5.41 Å². The van der Waals surface area contributed by atoms with Gasteiger partial charge in [-0.05, 0) is 44.2 Å². The molecule has 3 aromatic heterocycles. The van der Waals surface area contributed by atoms with Gasteiger partial charge in [-0.3, -0.25) is 19.0 Å². The number of benzene rings is 1. The molecular formula is C27H29N7O3. The molecule has 10 nitrogen and oxygen atoms in total. The molecular weight excluding hydrogens is 470 g/mol. The van der Waals surface area contributed by atoms with Crippen molar-refractivity contribution in [2.45, 2.75) is 38.6 Å². The Morgan fingerprint density at radius 3 is 2.30 bits per heavy atom. The molecule has 1 aromatic carbocycles. The zero-order valence-electron chi connectivity index (χ0n) is 20.9. The highest BCUT2D eigenvalue weighted by Gasteiger charge is 2.48. The van der Waals surface area contributed by atoms with Crippen molar-refractivity contribution < 1.29 is 14.3 Å². The Kier molecular flexibility index (Phi) is 6.56. The summed E-state index contributed by atoms with van der Waals surface area (Å²) in [6, 6.07) is 8.12. The van der Waals surface area contributed by atoms with Crippen molar-refractivity contribution in [3.63, 3.8) is 0 Å². The van der Waals surface area contributed by atoms with Gasteiger partial charge in [0.25, 0.3) is 0 Å². The summed E-state index contributed by atoms with van der Waals surface area (Å²) in [5.41, 5.74) is 9.12. The quantitative estimate of drug-likeness (QED) is 0.304. The van der Waals surface area contributed by atoms with Gasteiger partial charge in [-0.25, -0.2) is 9.97 Å². The number of primary amides is 1. The van der Waals surface area contributed by atoms with Crippen LogP contribution in [0.2, 0.25) is 0 Å². The Balaban J connectivity index is 1.29. The molecule has 1 aliphatic rings. The van der Waals surface area contributed by atoms with E-state index in [1.165, 1.54) is 0 Å². The van der Waals surface area contributed by atoms with Gasteiger partial charge in [0.2, 0.25) is 5.91 Å². The number of nitrogens with zero attached hydrogens (tertiary/aromatic N) is 6. The van der Waals surface area contributed by atoms with Gasteiger partial charge in [0.05, 0.1) is 25.0 Å². The molecule has 5 rings (SSSR count). The van der Waals surface area contributed by atoms with E-state index in [2.05, 4.69) is 26.2 Å². The third-order valence-corrected chi connectivity index (χ3v) is 7.07. The number of hydrogen-bond donors (Lipinski definition) is 1. The van der Waals surface area contributed by atoms with Crippen LogP contribution >= 0.6 is 0 Å². The molecule has 4 aromatic rings. The maximum Gasteiger partial charge on any atom is 0.321 e. The van der Waals surface area contributed by atoms with E-state index in [1.807, 2.05) is 48.5 Å². The third-order valence-electron chi connectivity index (χ3n) is 7.07. The summed E-state index contributed by atoms with van der Waals surface area (Å²) >= 11 is 0. The fourth-order valence-corrected chi connectivity index (χ4v) is 4.90. The van der Waals surface area contributed by atoms with Crippen molar-refractivity contribution >= 4 is 11.9 Å². The molecule has 0 bridgehead atoms. The normalized spacial score (nSPS) is 19.5. The average Bonchev–Trinajstić information content (AvgIpc) is 3.59. The van der Waals surface area contributed by atoms with Crippen molar-refractivity contribution in [2.75, 3.05) is 6.61 Å². The number of nitrogens with two attached hydrogens (primary N) is 1. The summed E-state index contributed by atoms with van der Waals surface area (Å²) < 4.78 is 8.80. The fourth-order valence-electron chi connectivity index (χ4n) is 4.90. The first-order chi connectivity index (χ1) is 17.9. The molecule has 1 saturated carbocycles. The van der Waals surface area contributed by atoms with Gasteiger partial charge < -0.3 is 10.5 Å². The van der Waals surface area contributed by atoms with E-state index in [4.69, 9.17) is 10.5 Å². The Morgan fingerprint density at radius 1 is 0.973 bits per heavy atom. The molecule has 0 radical (unpaired) electrons. The van der Waals surface area contributed by atoms with Crippen molar-refractivity contribution in [2.24, 2.45) is 18.2 Å². The van der Waals surface area contributed by atoms with E-state index in [-0.39, 0.29) is 12.6 Å². The van der Waals surface area contributed by atoms with Crippen LogP contribution in [0.15, 0.2) is 61.4 Å². The minimum Gasteiger partial charge on any atom is -0.465 e. The summed E-state index contributed by atoms with van der Waals surface area (Å²) in [4.78, 5) is 33.8. The number of carbonyl (C=O) groups is 2. The van der Waals surface area contributed by atoms with E-state index in [0.29, 0.717) is 31.5 Å². The van der Waals surface area contributed by atoms with Gasteiger partial charge in [0.1, 0.15) is 5.41 Å². The molecule has 1 fully saturated rings. The largest absolute Gasteiger partial charge is 0.465 e. The van der Waals surface area contributed by atoms with Gasteiger partial charge >= 0.3 is 5.97 Å². The summed E-state index contributed by atoms with van der Waals surface area (Å²) in [5, 5.41) is 8.78. The van der Waals surface area contributed by atoms with Crippen LogP contribution in [0.25, 0.3) is 33.6 Å². The maximum atomic E-state index is 12.5. The molecule has 0 aliphatic heterocycles. The Labute approximate surface area is 214 Å². The predicted octanol–water partition coefficient (Wildman–Crippen LogP) is 3.56. The minimum atomic E-state index is -1.25. The van der Waals surface area contributed by atoms with Crippen LogP contribution in [0.3, 0.4) is 0 Å². The molecule has 3 heterocycles. The highest BCUT2D eigenvalue weighted by molar-refractivity contribution is 6.02. The first-order valence-electron chi connectivity index (χ1n) is 12.3. The zero-order chi connectivity index (χ0) is 26.0. The SMILES string of the molecule is CCOC(=O)C1(C(N)=O)CCC(n2cc(-c3cnc(-c4cccc(-c5cnn(C)c5)c4)nc3)cn2)CC1. The Hall–Kier alpha value is -4.34. The lowest BCUT2D eigenvalue weighted by Gasteiger charge is -2.35. The van der Waals surface area contributed by atoms with Crippen LogP contribution in [-0.4, -0.2) is 48.0 Å². The summed E-state index contributed by atoms with van der Waals surface area (Å²) in [7, 11) is 1.89. The van der Waals surface area contributed by atoms with Crippen LogP contribution < -0.4 is 5.73 Å². The molecule has 0 unspecified atom stereocenters. The molecule has 1 amide bonds. The second-order valence-corrected chi connectivity index (χ2v) is 9.39. The van der Waals surface area contributed by atoms with Crippen molar-refractivity contribution in [1.82, 2.24) is 29.5 Å². The predicted molar refractivity (Wildman–Crippen MR) is 137 cm³/mol. The van der Waals surface area contributed by atoms with Crippen LogP contribution in [-0.2, 0) is 21.4 Å². The number of carbonyl (C=O) groups excluding carboxylic acids is 2. The van der Waals surface area contributed by atoms with E-state index >= 15 is 0 Å². The number of rotatable bonds is 7. The highest BCUT2D eigenvalue weighted by atomic mass is 16.5. The number of ether oxygens (including phenoxy) is 1. The standard InChI is InChI=1S/C27H29N7O3/c1-3-37-26(36)27(25(28)35)9-7-23(8-10-27)34-17-22(15-32-34)20-12-29-24(30-13-20)19-6-4-5-18(11-19)21-14-31-33(2)16-21/h4-6,11-17,23H,3,7-10H2,1-2H3,(H2,28,35). The average molecular weight is 500 g/mol. The Morgan fingerprint density at radius 2 is 1.65 bits per heavy atom. The molecule has 2 N–H and O–H groups in total. The lowest BCUT2D eigenvalue weighted by Crippen LogP contribution is -2.47. The molecule has 1 aliphatic carbocycles. The van der Waals surface area contributed by atoms with Gasteiger partial charge in [-0.2, -0.15) is 10.2 Å². The van der Waals surface area contributed by atoms with Gasteiger partial charge in [0, 0.05) is 54.1 Å². The number of aryl methyl sites for hydroxylation is 1. The second-order valence-electron chi connectivity index (χ2n) is 9.39. The number of aromatic nitrogens is 6. The molecule has 0 saturated heterocycles. The lowest BCUT2D eigenvalue weighted by molar-refractivity contribution is -0.162. The van der Waals surface area contributed by atoms with Crippen molar-refractivity contribution in [3.8, 4) is 33.6 Å². The monoisotopic (exact) mass is 499 g/mol. The molecule has 0 spiro atoms. The minimum absolute atomic E-state index is 0.0612. The number of esters is 1. The third kappa shape index (κ3) is 4.74. The summed E-state index contributed by atoms with van der Waals surface area (Å²) in [6.07, 6.45) is 13.0. The van der Waals surface area contributed by atoms with Crippen LogP contribution in [0.4, 0.5) is 0 Å². The lowest BCUT2D eigenvalue weighted by atomic mass is 9.72. The van der Waals surface area contributed by atoms with Gasteiger partial charge in [0.15, 0.2) is 5.82 Å². The molecule has 0 atom stereocenters. The van der Waals surface area contributed by atoms with Crippen LogP contribution in [0.1, 0.15) is 38.6 Å². The smallest absolute Gasteiger partial charge is 0.321 e. The first-order valence-corrected chi connectivity index (χ1v) is 12.3. The van der Waals surface area contributed by atoms with Crippen LogP contribution in [0.5, 0.6) is 0 Å². The molecule has 37 heavy (non-hydrogen) atoms. The highest BCUT2D eigenvalue weighted by Crippen LogP contribution is 2.42. The van der Waals surface area contributed by atoms with E-state index < -0.39 is 17.3 Å². The van der Waals surface area contributed by atoms with Gasteiger partial charge in [-0.15, -0.1) is 0 Å². The molecule has 190 valence electrons. The number of amides is 1. The summed E-state index contributed by atoms with van der Waals surface area (Å²) in [5.74, 6) is -0.505. The van der Waals surface area contributed by atoms with E-state index in [9.17, 15) is 9.59 Å². The van der Waals surface area contributed by atoms with E-state index in [0.717, 1.165) is 27.8 Å². The maximum absolute atomic E-state index is 12.5. The second kappa shape index (κ2) is 9.96. The topological polar surface area (TPSA) is 131 Å². The zero-order valence-corrected chi connectivity index (χ0v) is 20.9. The first kappa shape index (κ1) is 24.4. The van der Waals surface area contributed by atoms with E-state index in [1.54, 1.807) is 30.2 Å². The van der Waals surface area contributed by atoms with Crippen molar-refractivity contribution in [1.29, 1.82) is 0 Å².